The molecule has 4 heterocycles. The number of amides is 2. The number of nitrogens with two attached hydrogens (primary N) is 1. The summed E-state index contributed by atoms with van der Waals surface area (Å²) in [4.78, 5) is 30.9. The highest BCUT2D eigenvalue weighted by Crippen LogP contribution is 2.40. The van der Waals surface area contributed by atoms with E-state index in [9.17, 15) is 14.0 Å². The minimum atomic E-state index is -0.659. The zero-order valence-electron chi connectivity index (χ0n) is 16.3. The van der Waals surface area contributed by atoms with E-state index in [1.54, 1.807) is 6.92 Å². The number of carbonyl (C=O) groups excluding carboxylic acids is 2. The first-order chi connectivity index (χ1) is 13.8. The highest BCUT2D eigenvalue weighted by molar-refractivity contribution is 6.07. The molecule has 152 valence electrons. The predicted octanol–water partition coefficient (Wildman–Crippen LogP) is 1.08. The third kappa shape index (κ3) is 2.91. The maximum absolute atomic E-state index is 14.4. The van der Waals surface area contributed by atoms with Crippen LogP contribution in [0.15, 0.2) is 39.9 Å². The lowest BCUT2D eigenvalue weighted by Crippen LogP contribution is -2.47. The summed E-state index contributed by atoms with van der Waals surface area (Å²) in [5.74, 6) is -1.68. The van der Waals surface area contributed by atoms with E-state index in [-0.39, 0.29) is 29.0 Å². The monoisotopic (exact) mass is 400 g/mol. The summed E-state index contributed by atoms with van der Waals surface area (Å²) in [6.45, 7) is 5.91. The smallest absolute Gasteiger partial charge is 0.279 e. The normalized spacial score (nSPS) is 20.3. The molecule has 1 aromatic rings. The van der Waals surface area contributed by atoms with Gasteiger partial charge in [-0.2, -0.15) is 5.10 Å². The van der Waals surface area contributed by atoms with Gasteiger partial charge in [-0.15, -0.1) is 0 Å². The number of allylic oxidation sites excluding steroid dienone is 1. The number of aliphatic imine (C=N–C) groups is 1. The van der Waals surface area contributed by atoms with Crippen molar-refractivity contribution in [1.82, 2.24) is 20.0 Å². The minimum absolute atomic E-state index is 0.0405. The SMILES string of the molecule is CCn1nc(C)c(F)c1C(=O)NC1=NC=C2C(C(N)=O)=COCC3=C2N1[C@@H](C)C3. The van der Waals surface area contributed by atoms with Gasteiger partial charge >= 0.3 is 0 Å². The highest BCUT2D eigenvalue weighted by atomic mass is 19.1. The van der Waals surface area contributed by atoms with Crippen LogP contribution in [0.25, 0.3) is 0 Å². The summed E-state index contributed by atoms with van der Waals surface area (Å²) in [7, 11) is 0. The number of nitrogens with zero attached hydrogens (tertiary/aromatic N) is 4. The van der Waals surface area contributed by atoms with Gasteiger partial charge in [-0.25, -0.2) is 9.38 Å². The fraction of sp³-hybridized carbons (Fsp3) is 0.368. The van der Waals surface area contributed by atoms with E-state index in [0.29, 0.717) is 25.1 Å². The Labute approximate surface area is 166 Å². The van der Waals surface area contributed by atoms with Crippen LogP contribution in [0.3, 0.4) is 0 Å². The Hall–Kier alpha value is -3.43. The molecule has 3 aliphatic heterocycles. The second kappa shape index (κ2) is 6.87. The van der Waals surface area contributed by atoms with Crippen LogP contribution < -0.4 is 11.1 Å². The number of ether oxygens (including phenoxy) is 1. The molecule has 1 aromatic heterocycles. The Morgan fingerprint density at radius 3 is 2.90 bits per heavy atom. The Balaban J connectivity index is 1.73. The quantitative estimate of drug-likeness (QED) is 0.788. The number of halogens is 1. The Bertz CT molecular complexity index is 1050. The van der Waals surface area contributed by atoms with Gasteiger partial charge < -0.3 is 15.4 Å². The number of hydrogen-bond acceptors (Lipinski definition) is 6. The molecule has 10 heteroatoms. The fourth-order valence-corrected chi connectivity index (χ4v) is 3.88. The molecule has 0 spiro atoms. The van der Waals surface area contributed by atoms with E-state index in [1.807, 2.05) is 11.8 Å². The van der Waals surface area contributed by atoms with Crippen molar-refractivity contribution in [3.05, 3.63) is 52.1 Å². The van der Waals surface area contributed by atoms with Gasteiger partial charge in [0.25, 0.3) is 11.8 Å². The molecule has 0 radical (unpaired) electrons. The standard InChI is InChI=1S/C19H21FN6O3/c1-4-25-16(14(20)10(3)24-25)18(28)23-19-22-6-12-13(17(21)27)8-29-7-11-5-9(2)26(19)15(11)12/h6,8-9H,4-5,7H2,1-3H3,(H2,21,27)(H,22,23,28)/t9-/m0/s1. The van der Waals surface area contributed by atoms with Crippen molar-refractivity contribution in [3.8, 4) is 0 Å². The van der Waals surface area contributed by atoms with Gasteiger partial charge in [0.15, 0.2) is 11.5 Å². The third-order valence-electron chi connectivity index (χ3n) is 5.17. The van der Waals surface area contributed by atoms with Crippen molar-refractivity contribution in [2.75, 3.05) is 6.61 Å². The maximum Gasteiger partial charge on any atom is 0.279 e. The van der Waals surface area contributed by atoms with Crippen molar-refractivity contribution >= 4 is 17.8 Å². The number of guanidine groups is 1. The summed E-state index contributed by atoms with van der Waals surface area (Å²) >= 11 is 0. The van der Waals surface area contributed by atoms with Crippen LogP contribution in [-0.2, 0) is 16.1 Å². The molecular formula is C19H21FN6O3. The molecule has 0 fully saturated rings. The van der Waals surface area contributed by atoms with E-state index in [4.69, 9.17) is 10.5 Å². The molecule has 0 unspecified atom stereocenters. The first-order valence-corrected chi connectivity index (χ1v) is 9.29. The largest absolute Gasteiger partial charge is 0.496 e. The van der Waals surface area contributed by atoms with Crippen LogP contribution in [0.1, 0.15) is 36.5 Å². The number of hydrogen-bond donors (Lipinski definition) is 2. The first-order valence-electron chi connectivity index (χ1n) is 9.29. The van der Waals surface area contributed by atoms with Crippen LogP contribution >= 0.6 is 0 Å². The van der Waals surface area contributed by atoms with Crippen LogP contribution in [-0.4, -0.2) is 45.1 Å². The van der Waals surface area contributed by atoms with Crippen LogP contribution in [0.2, 0.25) is 0 Å². The molecule has 0 saturated carbocycles. The molecule has 1 atom stereocenters. The van der Waals surface area contributed by atoms with Crippen LogP contribution in [0.5, 0.6) is 0 Å². The molecular weight excluding hydrogens is 379 g/mol. The van der Waals surface area contributed by atoms with Gasteiger partial charge in [0.05, 0.1) is 23.2 Å². The zero-order valence-corrected chi connectivity index (χ0v) is 16.3. The topological polar surface area (TPSA) is 115 Å². The lowest BCUT2D eigenvalue weighted by Gasteiger charge is -2.32. The van der Waals surface area contributed by atoms with E-state index >= 15 is 0 Å². The number of aromatic nitrogens is 2. The molecule has 2 amide bonds. The summed E-state index contributed by atoms with van der Waals surface area (Å²) < 4.78 is 21.2. The highest BCUT2D eigenvalue weighted by Gasteiger charge is 2.40. The van der Waals surface area contributed by atoms with E-state index < -0.39 is 17.6 Å². The number of rotatable bonds is 3. The van der Waals surface area contributed by atoms with Crippen LogP contribution in [0.4, 0.5) is 4.39 Å². The molecule has 0 saturated heterocycles. The number of aryl methyl sites for hydroxylation is 2. The summed E-state index contributed by atoms with van der Waals surface area (Å²) in [6, 6.07) is -0.0405. The van der Waals surface area contributed by atoms with E-state index in [2.05, 4.69) is 15.4 Å². The average Bonchev–Trinajstić information content (AvgIpc) is 3.08. The summed E-state index contributed by atoms with van der Waals surface area (Å²) in [6.07, 6.45) is 3.48. The average molecular weight is 400 g/mol. The van der Waals surface area contributed by atoms with Gasteiger partial charge in [-0.3, -0.25) is 19.6 Å². The molecule has 0 bridgehead atoms. The number of nitrogens with one attached hydrogen (secondary N) is 1. The molecule has 3 aliphatic rings. The summed E-state index contributed by atoms with van der Waals surface area (Å²) in [5.41, 5.74) is 7.98. The van der Waals surface area contributed by atoms with E-state index in [0.717, 1.165) is 11.3 Å². The van der Waals surface area contributed by atoms with Crippen molar-refractivity contribution in [3.63, 3.8) is 0 Å². The Kier molecular flexibility index (Phi) is 4.48. The van der Waals surface area contributed by atoms with Crippen LogP contribution in [0, 0.1) is 12.7 Å². The Morgan fingerprint density at radius 1 is 1.45 bits per heavy atom. The molecule has 3 N–H and O–H groups in total. The molecule has 9 nitrogen and oxygen atoms in total. The lowest BCUT2D eigenvalue weighted by atomic mass is 10.0. The number of carbonyl (C=O) groups is 2. The molecule has 4 rings (SSSR count). The van der Waals surface area contributed by atoms with E-state index in [1.165, 1.54) is 24.1 Å². The number of primary amides is 1. The van der Waals surface area contributed by atoms with Gasteiger partial charge in [-0.1, -0.05) is 0 Å². The fourth-order valence-electron chi connectivity index (χ4n) is 3.88. The summed E-state index contributed by atoms with van der Waals surface area (Å²) in [5, 5.41) is 6.74. The first kappa shape index (κ1) is 18.9. The predicted molar refractivity (Wildman–Crippen MR) is 102 cm³/mol. The Morgan fingerprint density at radius 2 is 2.21 bits per heavy atom. The lowest BCUT2D eigenvalue weighted by molar-refractivity contribution is -0.114. The van der Waals surface area contributed by atoms with Crippen molar-refractivity contribution in [2.24, 2.45) is 10.7 Å². The second-order valence-electron chi connectivity index (χ2n) is 7.10. The second-order valence-corrected chi connectivity index (χ2v) is 7.10. The van der Waals surface area contributed by atoms with Gasteiger partial charge in [0.1, 0.15) is 6.61 Å². The molecule has 29 heavy (non-hydrogen) atoms. The minimum Gasteiger partial charge on any atom is -0.496 e. The van der Waals surface area contributed by atoms with Crippen molar-refractivity contribution in [2.45, 2.75) is 39.8 Å². The molecule has 0 aliphatic carbocycles. The van der Waals surface area contributed by atoms with Gasteiger partial charge in [0.2, 0.25) is 5.96 Å². The molecule has 0 aromatic carbocycles. The van der Waals surface area contributed by atoms with Gasteiger partial charge in [0, 0.05) is 24.4 Å². The van der Waals surface area contributed by atoms with Crippen molar-refractivity contribution < 1.29 is 18.7 Å². The van der Waals surface area contributed by atoms with Gasteiger partial charge in [-0.05, 0) is 32.8 Å². The zero-order chi connectivity index (χ0) is 20.9. The van der Waals surface area contributed by atoms with Crippen molar-refractivity contribution in [1.29, 1.82) is 0 Å². The maximum atomic E-state index is 14.4. The third-order valence-corrected chi connectivity index (χ3v) is 5.17.